The van der Waals surface area contributed by atoms with Crippen molar-refractivity contribution in [1.82, 2.24) is 5.32 Å². The van der Waals surface area contributed by atoms with Gasteiger partial charge in [-0.05, 0) is 0 Å². The Morgan fingerprint density at radius 1 is 1.39 bits per heavy atom. The first kappa shape index (κ1) is 14.5. The predicted molar refractivity (Wildman–Crippen MR) is 58.5 cm³/mol. The van der Waals surface area contributed by atoms with Crippen molar-refractivity contribution in [1.29, 1.82) is 0 Å². The molecule has 1 aromatic rings. The van der Waals surface area contributed by atoms with Crippen LogP contribution >= 0.6 is 0 Å². The van der Waals surface area contributed by atoms with E-state index in [2.05, 4.69) is 5.32 Å². The van der Waals surface area contributed by atoms with Crippen molar-refractivity contribution < 1.29 is 22.7 Å². The molecule has 0 radical (unpaired) electrons. The normalized spacial score (nSPS) is 12.3. The lowest BCUT2D eigenvalue weighted by Gasteiger charge is -2.16. The fraction of sp³-hybridized carbons (Fsp3) is 0.364. The summed E-state index contributed by atoms with van der Waals surface area (Å²) >= 11 is 0. The summed E-state index contributed by atoms with van der Waals surface area (Å²) in [6.45, 7) is 0.149. The van der Waals surface area contributed by atoms with Crippen LogP contribution in [-0.4, -0.2) is 32.2 Å². The van der Waals surface area contributed by atoms with Crippen molar-refractivity contribution in [2.45, 2.75) is 6.04 Å². The zero-order valence-corrected chi connectivity index (χ0v) is 9.67. The van der Waals surface area contributed by atoms with Crippen molar-refractivity contribution in [3.05, 3.63) is 35.1 Å². The molecular weight excluding hydrogens is 249 g/mol. The van der Waals surface area contributed by atoms with Crippen LogP contribution in [0.1, 0.15) is 10.4 Å². The first-order chi connectivity index (χ1) is 8.49. The largest absolute Gasteiger partial charge is 0.383 e. The highest BCUT2D eigenvalue weighted by atomic mass is 19.1. The van der Waals surface area contributed by atoms with E-state index in [9.17, 15) is 18.0 Å². The van der Waals surface area contributed by atoms with Crippen LogP contribution in [0.15, 0.2) is 12.1 Å². The standard InChI is InChI=1S/C11H13F3N2O2/c1-18-5-7(4-15)16-11(17)10-8(13)2-6(12)3-9(10)14/h2-3,7H,4-5,15H2,1H3,(H,16,17). The molecule has 1 unspecified atom stereocenters. The minimum absolute atomic E-state index is 0.0456. The molecule has 1 rings (SSSR count). The summed E-state index contributed by atoms with van der Waals surface area (Å²) in [6.07, 6.45) is 0. The van der Waals surface area contributed by atoms with Gasteiger partial charge in [0.25, 0.3) is 5.91 Å². The number of halogens is 3. The molecule has 1 aromatic carbocycles. The monoisotopic (exact) mass is 262 g/mol. The molecule has 0 aliphatic heterocycles. The van der Waals surface area contributed by atoms with Crippen LogP contribution in [0.4, 0.5) is 13.2 Å². The number of carbonyl (C=O) groups excluding carboxylic acids is 1. The van der Waals surface area contributed by atoms with Gasteiger partial charge in [0.2, 0.25) is 0 Å². The number of rotatable bonds is 5. The number of methoxy groups -OCH3 is 1. The molecule has 0 aliphatic rings. The van der Waals surface area contributed by atoms with E-state index in [-0.39, 0.29) is 13.2 Å². The number of benzene rings is 1. The highest BCUT2D eigenvalue weighted by Gasteiger charge is 2.21. The Morgan fingerprint density at radius 3 is 2.39 bits per heavy atom. The molecule has 0 aromatic heterocycles. The summed E-state index contributed by atoms with van der Waals surface area (Å²) in [7, 11) is 1.40. The topological polar surface area (TPSA) is 64.3 Å². The Labute approximate surface area is 102 Å². The summed E-state index contributed by atoms with van der Waals surface area (Å²) in [5, 5.41) is 2.29. The smallest absolute Gasteiger partial charge is 0.257 e. The number of nitrogens with two attached hydrogens (primary N) is 1. The molecule has 0 fully saturated rings. The lowest BCUT2D eigenvalue weighted by atomic mass is 10.1. The summed E-state index contributed by atoms with van der Waals surface area (Å²) in [5.74, 6) is -4.62. The minimum Gasteiger partial charge on any atom is -0.383 e. The number of nitrogens with one attached hydrogen (secondary N) is 1. The average molecular weight is 262 g/mol. The van der Waals surface area contributed by atoms with Crippen LogP contribution in [0.2, 0.25) is 0 Å². The Kier molecular flexibility index (Phi) is 5.11. The van der Waals surface area contributed by atoms with E-state index < -0.39 is 35.0 Å². The van der Waals surface area contributed by atoms with E-state index in [4.69, 9.17) is 10.5 Å². The molecule has 18 heavy (non-hydrogen) atoms. The third-order valence-electron chi connectivity index (χ3n) is 2.22. The van der Waals surface area contributed by atoms with Crippen LogP contribution in [0.5, 0.6) is 0 Å². The summed E-state index contributed by atoms with van der Waals surface area (Å²) in [4.78, 5) is 11.6. The molecule has 7 heteroatoms. The Morgan fingerprint density at radius 2 is 1.94 bits per heavy atom. The van der Waals surface area contributed by atoms with Crippen molar-refractivity contribution >= 4 is 5.91 Å². The van der Waals surface area contributed by atoms with Gasteiger partial charge in [-0.1, -0.05) is 0 Å². The van der Waals surface area contributed by atoms with Crippen LogP contribution < -0.4 is 11.1 Å². The molecule has 3 N–H and O–H groups in total. The maximum absolute atomic E-state index is 13.3. The zero-order valence-electron chi connectivity index (χ0n) is 9.67. The minimum atomic E-state index is -1.27. The van der Waals surface area contributed by atoms with E-state index in [1.165, 1.54) is 7.11 Å². The second-order valence-corrected chi connectivity index (χ2v) is 3.61. The number of amides is 1. The fourth-order valence-electron chi connectivity index (χ4n) is 1.39. The van der Waals surface area contributed by atoms with Crippen LogP contribution in [0, 0.1) is 17.5 Å². The molecule has 1 atom stereocenters. The van der Waals surface area contributed by atoms with Gasteiger partial charge >= 0.3 is 0 Å². The van der Waals surface area contributed by atoms with E-state index in [0.29, 0.717) is 12.1 Å². The third kappa shape index (κ3) is 3.44. The van der Waals surface area contributed by atoms with Gasteiger partial charge in [-0.25, -0.2) is 13.2 Å². The van der Waals surface area contributed by atoms with Gasteiger partial charge in [-0.15, -0.1) is 0 Å². The first-order valence-electron chi connectivity index (χ1n) is 5.14. The zero-order chi connectivity index (χ0) is 13.7. The van der Waals surface area contributed by atoms with Crippen molar-refractivity contribution in [3.63, 3.8) is 0 Å². The van der Waals surface area contributed by atoms with Gasteiger partial charge in [0.05, 0.1) is 12.6 Å². The molecule has 0 heterocycles. The lowest BCUT2D eigenvalue weighted by Crippen LogP contribution is -2.43. The maximum atomic E-state index is 13.3. The average Bonchev–Trinajstić information content (AvgIpc) is 2.26. The second-order valence-electron chi connectivity index (χ2n) is 3.61. The quantitative estimate of drug-likeness (QED) is 0.825. The summed E-state index contributed by atoms with van der Waals surface area (Å²) in [5.41, 5.74) is 4.50. The van der Waals surface area contributed by atoms with E-state index in [1.807, 2.05) is 0 Å². The van der Waals surface area contributed by atoms with Crippen LogP contribution in [-0.2, 0) is 4.74 Å². The molecule has 0 bridgehead atoms. The second kappa shape index (κ2) is 6.36. The first-order valence-corrected chi connectivity index (χ1v) is 5.14. The lowest BCUT2D eigenvalue weighted by molar-refractivity contribution is 0.0892. The van der Waals surface area contributed by atoms with Crippen LogP contribution in [0.3, 0.4) is 0 Å². The van der Waals surface area contributed by atoms with E-state index >= 15 is 0 Å². The molecule has 0 aliphatic carbocycles. The molecule has 100 valence electrons. The fourth-order valence-corrected chi connectivity index (χ4v) is 1.39. The molecular formula is C11H13F3N2O2. The van der Waals surface area contributed by atoms with Gasteiger partial charge in [0.15, 0.2) is 0 Å². The number of carbonyl (C=O) groups is 1. The Hall–Kier alpha value is -1.60. The SMILES string of the molecule is COCC(CN)NC(=O)c1c(F)cc(F)cc1F. The van der Waals surface area contributed by atoms with Crippen molar-refractivity contribution in [2.75, 3.05) is 20.3 Å². The van der Waals surface area contributed by atoms with Crippen LogP contribution in [0.25, 0.3) is 0 Å². The summed E-state index contributed by atoms with van der Waals surface area (Å²) < 4.78 is 44.0. The van der Waals surface area contributed by atoms with Gasteiger partial charge in [-0.2, -0.15) is 0 Å². The molecule has 4 nitrogen and oxygen atoms in total. The molecule has 0 saturated heterocycles. The Bertz CT molecular complexity index is 417. The Balaban J connectivity index is 2.90. The molecule has 0 saturated carbocycles. The molecule has 1 amide bonds. The summed E-state index contributed by atoms with van der Waals surface area (Å²) in [6, 6.07) is 0.295. The van der Waals surface area contributed by atoms with Crippen molar-refractivity contribution in [2.24, 2.45) is 5.73 Å². The van der Waals surface area contributed by atoms with Gasteiger partial charge in [-0.3, -0.25) is 4.79 Å². The molecule has 0 spiro atoms. The van der Waals surface area contributed by atoms with E-state index in [1.54, 1.807) is 0 Å². The number of ether oxygens (including phenoxy) is 1. The van der Waals surface area contributed by atoms with Gasteiger partial charge < -0.3 is 15.8 Å². The predicted octanol–water partition coefficient (Wildman–Crippen LogP) is 0.807. The van der Waals surface area contributed by atoms with Gasteiger partial charge in [0.1, 0.15) is 23.0 Å². The maximum Gasteiger partial charge on any atom is 0.257 e. The van der Waals surface area contributed by atoms with Gasteiger partial charge in [0, 0.05) is 25.8 Å². The number of hydrogen-bond donors (Lipinski definition) is 2. The third-order valence-corrected chi connectivity index (χ3v) is 2.22. The van der Waals surface area contributed by atoms with E-state index in [0.717, 1.165) is 0 Å². The highest BCUT2D eigenvalue weighted by molar-refractivity contribution is 5.94. The highest BCUT2D eigenvalue weighted by Crippen LogP contribution is 2.14. The van der Waals surface area contributed by atoms with Crippen molar-refractivity contribution in [3.8, 4) is 0 Å². The number of hydrogen-bond acceptors (Lipinski definition) is 3.